The number of nitrogens with one attached hydrogen (secondary N) is 1. The third-order valence-electron chi connectivity index (χ3n) is 2.80. The van der Waals surface area contributed by atoms with Gasteiger partial charge in [-0.3, -0.25) is 4.79 Å². The largest absolute Gasteiger partial charge is 0.493 e. The zero-order valence-corrected chi connectivity index (χ0v) is 12.8. The average Bonchev–Trinajstić information content (AvgIpc) is 2.91. The van der Waals surface area contributed by atoms with Gasteiger partial charge in [-0.15, -0.1) is 0 Å². The van der Waals surface area contributed by atoms with Crippen LogP contribution in [0.5, 0.6) is 11.5 Å². The van der Waals surface area contributed by atoms with E-state index in [2.05, 4.69) is 10.5 Å². The first-order valence-electron chi connectivity index (χ1n) is 6.79. The first-order valence-corrected chi connectivity index (χ1v) is 6.79. The van der Waals surface area contributed by atoms with E-state index in [1.54, 1.807) is 26.2 Å². The molecule has 6 nitrogen and oxygen atoms in total. The van der Waals surface area contributed by atoms with E-state index in [0.717, 1.165) is 5.56 Å². The minimum absolute atomic E-state index is 0.148. The first kappa shape index (κ1) is 15.6. The number of hydrogen-bond donors (Lipinski definition) is 1. The highest BCUT2D eigenvalue weighted by Crippen LogP contribution is 2.28. The Morgan fingerprint density at radius 3 is 2.82 bits per heavy atom. The number of amides is 1. The summed E-state index contributed by atoms with van der Waals surface area (Å²) in [5.41, 5.74) is 0.995. The van der Waals surface area contributed by atoms with Gasteiger partial charge in [-0.05, 0) is 31.5 Å². The third kappa shape index (κ3) is 4.12. The molecule has 1 aromatic carbocycles. The van der Waals surface area contributed by atoms with Gasteiger partial charge >= 0.3 is 0 Å². The highest BCUT2D eigenvalue weighted by Gasteiger charge is 2.10. The molecule has 116 valence electrons. The molecule has 22 heavy (non-hydrogen) atoms. The Morgan fingerprint density at radius 2 is 2.18 bits per heavy atom. The van der Waals surface area contributed by atoms with Crippen molar-refractivity contribution in [1.82, 2.24) is 5.16 Å². The fraction of sp³-hybridized carbons (Fsp3) is 0.250. The number of carbonyl (C=O) groups excluding carboxylic acids is 1. The zero-order chi connectivity index (χ0) is 15.9. The lowest BCUT2D eigenvalue weighted by atomic mass is 10.2. The summed E-state index contributed by atoms with van der Waals surface area (Å²) < 4.78 is 15.6. The van der Waals surface area contributed by atoms with Crippen molar-refractivity contribution in [2.45, 2.75) is 13.8 Å². The molecule has 0 aliphatic rings. The second-order valence-electron chi connectivity index (χ2n) is 4.57. The molecule has 1 N–H and O–H groups in total. The SMILES string of the molecule is CC=Cc1ccc(OCC(=O)Nc2cc(C)on2)c(OC)c1. The number of aryl methyl sites for hydroxylation is 1. The van der Waals surface area contributed by atoms with Crippen LogP contribution in [0, 0.1) is 6.92 Å². The van der Waals surface area contributed by atoms with Gasteiger partial charge in [0.05, 0.1) is 7.11 Å². The van der Waals surface area contributed by atoms with E-state index < -0.39 is 0 Å². The predicted octanol–water partition coefficient (Wildman–Crippen LogP) is 3.04. The first-order chi connectivity index (χ1) is 10.6. The van der Waals surface area contributed by atoms with Crippen LogP contribution in [0.15, 0.2) is 34.9 Å². The Kier molecular flexibility index (Phi) is 5.19. The van der Waals surface area contributed by atoms with Crippen LogP contribution in [0.1, 0.15) is 18.2 Å². The molecular weight excluding hydrogens is 284 g/mol. The fourth-order valence-electron chi connectivity index (χ4n) is 1.85. The molecule has 0 saturated carbocycles. The zero-order valence-electron chi connectivity index (χ0n) is 12.8. The second kappa shape index (κ2) is 7.31. The van der Waals surface area contributed by atoms with E-state index in [1.807, 2.05) is 31.2 Å². The Hall–Kier alpha value is -2.76. The Labute approximate surface area is 128 Å². The number of aromatic nitrogens is 1. The van der Waals surface area contributed by atoms with Crippen LogP contribution < -0.4 is 14.8 Å². The maximum atomic E-state index is 11.8. The summed E-state index contributed by atoms with van der Waals surface area (Å²) in [6.45, 7) is 3.54. The van der Waals surface area contributed by atoms with Crippen LogP contribution >= 0.6 is 0 Å². The molecule has 0 fully saturated rings. The number of ether oxygens (including phenoxy) is 2. The van der Waals surface area contributed by atoms with Crippen LogP contribution in [0.2, 0.25) is 0 Å². The van der Waals surface area contributed by atoms with E-state index in [9.17, 15) is 4.79 Å². The Balaban J connectivity index is 1.97. The maximum Gasteiger partial charge on any atom is 0.263 e. The van der Waals surface area contributed by atoms with Gasteiger partial charge in [0.2, 0.25) is 0 Å². The molecule has 6 heteroatoms. The lowest BCUT2D eigenvalue weighted by Crippen LogP contribution is -2.20. The highest BCUT2D eigenvalue weighted by molar-refractivity contribution is 5.90. The molecule has 0 spiro atoms. The van der Waals surface area contributed by atoms with Gasteiger partial charge in [0.15, 0.2) is 23.9 Å². The number of rotatable bonds is 6. The second-order valence-corrected chi connectivity index (χ2v) is 4.57. The summed E-state index contributed by atoms with van der Waals surface area (Å²) in [4.78, 5) is 11.8. The standard InChI is InChI=1S/C16H18N2O4/c1-4-5-12-6-7-13(14(9-12)20-3)21-10-16(19)17-15-8-11(2)22-18-15/h4-9H,10H2,1-3H3,(H,17,18,19). The lowest BCUT2D eigenvalue weighted by molar-refractivity contribution is -0.118. The van der Waals surface area contributed by atoms with Gasteiger partial charge in [-0.2, -0.15) is 0 Å². The van der Waals surface area contributed by atoms with Gasteiger partial charge in [0.1, 0.15) is 5.76 Å². The van der Waals surface area contributed by atoms with Crippen molar-refractivity contribution in [3.63, 3.8) is 0 Å². The molecular formula is C16H18N2O4. The molecule has 1 amide bonds. The smallest absolute Gasteiger partial charge is 0.263 e. The lowest BCUT2D eigenvalue weighted by Gasteiger charge is -2.11. The number of hydrogen-bond acceptors (Lipinski definition) is 5. The Bertz CT molecular complexity index is 677. The molecule has 0 saturated heterocycles. The summed E-state index contributed by atoms with van der Waals surface area (Å²) >= 11 is 0. The Morgan fingerprint density at radius 1 is 1.36 bits per heavy atom. The molecule has 1 aromatic heterocycles. The summed E-state index contributed by atoms with van der Waals surface area (Å²) in [5.74, 6) is 1.73. The van der Waals surface area contributed by atoms with Crippen molar-refractivity contribution in [3.05, 3.63) is 41.7 Å². The van der Waals surface area contributed by atoms with Crippen molar-refractivity contribution >= 4 is 17.8 Å². The summed E-state index contributed by atoms with van der Waals surface area (Å²) in [7, 11) is 1.56. The van der Waals surface area contributed by atoms with E-state index in [0.29, 0.717) is 23.1 Å². The van der Waals surface area contributed by atoms with Crippen LogP contribution in [-0.4, -0.2) is 24.8 Å². The van der Waals surface area contributed by atoms with Crippen LogP contribution in [0.4, 0.5) is 5.82 Å². The molecule has 0 aliphatic heterocycles. The molecule has 2 aromatic rings. The van der Waals surface area contributed by atoms with Gasteiger partial charge in [-0.1, -0.05) is 23.4 Å². The van der Waals surface area contributed by atoms with Crippen molar-refractivity contribution in [2.24, 2.45) is 0 Å². The fourth-order valence-corrected chi connectivity index (χ4v) is 1.85. The minimum atomic E-state index is -0.326. The molecule has 0 aliphatic carbocycles. The number of nitrogens with zero attached hydrogens (tertiary/aromatic N) is 1. The monoisotopic (exact) mass is 302 g/mol. The maximum absolute atomic E-state index is 11.8. The van der Waals surface area contributed by atoms with Gasteiger partial charge in [-0.25, -0.2) is 0 Å². The van der Waals surface area contributed by atoms with Crippen molar-refractivity contribution < 1.29 is 18.8 Å². The average molecular weight is 302 g/mol. The van der Waals surface area contributed by atoms with Crippen molar-refractivity contribution in [3.8, 4) is 11.5 Å². The molecule has 2 rings (SSSR count). The van der Waals surface area contributed by atoms with Crippen LogP contribution in [0.25, 0.3) is 6.08 Å². The van der Waals surface area contributed by atoms with Crippen LogP contribution in [0.3, 0.4) is 0 Å². The number of methoxy groups -OCH3 is 1. The van der Waals surface area contributed by atoms with E-state index in [-0.39, 0.29) is 12.5 Å². The van der Waals surface area contributed by atoms with Crippen LogP contribution in [-0.2, 0) is 4.79 Å². The summed E-state index contributed by atoms with van der Waals surface area (Å²) in [5, 5.41) is 6.26. The molecule has 0 bridgehead atoms. The van der Waals surface area contributed by atoms with E-state index in [1.165, 1.54) is 0 Å². The molecule has 0 unspecified atom stereocenters. The van der Waals surface area contributed by atoms with Gasteiger partial charge in [0.25, 0.3) is 5.91 Å². The number of carbonyl (C=O) groups is 1. The molecule has 0 radical (unpaired) electrons. The topological polar surface area (TPSA) is 73.6 Å². The van der Waals surface area contributed by atoms with E-state index in [4.69, 9.17) is 14.0 Å². The third-order valence-corrected chi connectivity index (χ3v) is 2.80. The summed E-state index contributed by atoms with van der Waals surface area (Å²) in [6.07, 6.45) is 3.88. The number of anilines is 1. The minimum Gasteiger partial charge on any atom is -0.493 e. The van der Waals surface area contributed by atoms with Crippen molar-refractivity contribution in [1.29, 1.82) is 0 Å². The van der Waals surface area contributed by atoms with Gasteiger partial charge < -0.3 is 19.3 Å². The van der Waals surface area contributed by atoms with Gasteiger partial charge in [0, 0.05) is 6.07 Å². The highest BCUT2D eigenvalue weighted by atomic mass is 16.5. The van der Waals surface area contributed by atoms with Crippen molar-refractivity contribution in [2.75, 3.05) is 19.0 Å². The molecule has 0 atom stereocenters. The van der Waals surface area contributed by atoms with E-state index >= 15 is 0 Å². The predicted molar refractivity (Wildman–Crippen MR) is 83.1 cm³/mol. The number of allylic oxidation sites excluding steroid dienone is 1. The summed E-state index contributed by atoms with van der Waals surface area (Å²) in [6, 6.07) is 7.12. The quantitative estimate of drug-likeness (QED) is 0.887. The molecule has 1 heterocycles. The number of benzene rings is 1. The normalized spacial score (nSPS) is 10.7.